The molecule has 0 saturated carbocycles. The zero-order valence-electron chi connectivity index (χ0n) is 8.01. The van der Waals surface area contributed by atoms with Crippen LogP contribution in [0.3, 0.4) is 0 Å². The van der Waals surface area contributed by atoms with Crippen LogP contribution in [0.1, 0.15) is 32.6 Å². The van der Waals surface area contributed by atoms with Crippen molar-refractivity contribution in [2.75, 3.05) is 6.61 Å². The van der Waals surface area contributed by atoms with Gasteiger partial charge in [-0.15, -0.1) is 0 Å². The fraction of sp³-hybridized carbons (Fsp3) is 0.667. The molecule has 0 atom stereocenters. The molecule has 4 heteroatoms. The maximum absolute atomic E-state index is 10.1. The van der Waals surface area contributed by atoms with Crippen molar-refractivity contribution in [3.05, 3.63) is 12.3 Å². The van der Waals surface area contributed by atoms with Crippen molar-refractivity contribution in [1.29, 1.82) is 0 Å². The minimum atomic E-state index is -0.735. The lowest BCUT2D eigenvalue weighted by Crippen LogP contribution is -2.11. The van der Waals surface area contributed by atoms with E-state index in [0.717, 1.165) is 18.5 Å². The lowest BCUT2D eigenvalue weighted by Gasteiger charge is -2.04. The smallest absolute Gasteiger partial charge is 0.303 e. The first-order valence-electron chi connectivity index (χ1n) is 4.38. The number of hydrogen-bond acceptors (Lipinski definition) is 3. The molecule has 13 heavy (non-hydrogen) atoms. The van der Waals surface area contributed by atoms with Gasteiger partial charge in [0.1, 0.15) is 0 Å². The molecule has 0 amide bonds. The van der Waals surface area contributed by atoms with E-state index >= 15 is 0 Å². The molecule has 0 rings (SSSR count). The first-order valence-corrected chi connectivity index (χ1v) is 4.38. The molecule has 0 aliphatic heterocycles. The average Bonchev–Trinajstić information content (AvgIpc) is 2.01. The molecule has 0 aromatic rings. The highest BCUT2D eigenvalue weighted by molar-refractivity contribution is 5.66. The van der Waals surface area contributed by atoms with E-state index in [-0.39, 0.29) is 6.42 Å². The molecule has 0 saturated heterocycles. The van der Waals surface area contributed by atoms with Crippen molar-refractivity contribution in [2.45, 2.75) is 32.6 Å². The third-order valence-electron chi connectivity index (χ3n) is 1.38. The van der Waals surface area contributed by atoms with Gasteiger partial charge in [-0.3, -0.25) is 15.1 Å². The number of carboxylic acid groups (broad SMARTS) is 1. The number of carbonyl (C=O) groups is 1. The molecule has 0 aromatic heterocycles. The average molecular weight is 187 g/mol. The molecule has 4 nitrogen and oxygen atoms in total. The largest absolute Gasteiger partial charge is 0.481 e. The quantitative estimate of drug-likeness (QED) is 0.448. The van der Waals surface area contributed by atoms with Crippen molar-refractivity contribution in [3.63, 3.8) is 0 Å². The van der Waals surface area contributed by atoms with Crippen molar-refractivity contribution in [3.8, 4) is 0 Å². The maximum Gasteiger partial charge on any atom is 0.303 e. The molecule has 0 heterocycles. The number of nitrogens with one attached hydrogen (secondary N) is 1. The Hall–Kier alpha value is -1.03. The summed E-state index contributed by atoms with van der Waals surface area (Å²) in [7, 11) is 0. The zero-order chi connectivity index (χ0) is 10.1. The minimum Gasteiger partial charge on any atom is -0.481 e. The van der Waals surface area contributed by atoms with Gasteiger partial charge in [0.2, 0.25) is 0 Å². The van der Waals surface area contributed by atoms with Crippen LogP contribution < -0.4 is 5.48 Å². The second-order valence-corrected chi connectivity index (χ2v) is 2.94. The van der Waals surface area contributed by atoms with E-state index in [1.807, 2.05) is 6.92 Å². The van der Waals surface area contributed by atoms with Crippen molar-refractivity contribution in [1.82, 2.24) is 5.48 Å². The number of hydroxylamine groups is 1. The summed E-state index contributed by atoms with van der Waals surface area (Å²) in [5, 5.41) is 8.33. The summed E-state index contributed by atoms with van der Waals surface area (Å²) in [5.41, 5.74) is 3.40. The Kier molecular flexibility index (Phi) is 7.01. The lowest BCUT2D eigenvalue weighted by atomic mass is 10.2. The van der Waals surface area contributed by atoms with Gasteiger partial charge in [-0.1, -0.05) is 13.0 Å². The summed E-state index contributed by atoms with van der Waals surface area (Å²) in [6.07, 6.45) is 2.71. The second kappa shape index (κ2) is 7.61. The van der Waals surface area contributed by atoms with Crippen LogP contribution in [-0.2, 0) is 9.63 Å². The number of allylic oxidation sites excluding steroid dienone is 1. The molecule has 76 valence electrons. The third kappa shape index (κ3) is 11.0. The maximum atomic E-state index is 10.1. The number of rotatable bonds is 8. The van der Waals surface area contributed by atoms with Crippen molar-refractivity contribution < 1.29 is 14.7 Å². The Bertz CT molecular complexity index is 150. The Balaban J connectivity index is 3.00. The number of unbranched alkanes of at least 4 members (excludes halogenated alkanes) is 2. The fourth-order valence-corrected chi connectivity index (χ4v) is 0.801. The highest BCUT2D eigenvalue weighted by Gasteiger charge is 1.95. The predicted molar refractivity (Wildman–Crippen MR) is 50.0 cm³/mol. The van der Waals surface area contributed by atoms with E-state index in [1.165, 1.54) is 0 Å². The molecule has 0 aliphatic rings. The molecular formula is C9H17NO3. The van der Waals surface area contributed by atoms with Gasteiger partial charge in [-0.25, -0.2) is 0 Å². The Labute approximate surface area is 78.5 Å². The number of aliphatic carboxylic acids is 1. The fourth-order valence-electron chi connectivity index (χ4n) is 0.801. The summed E-state index contributed by atoms with van der Waals surface area (Å²) in [4.78, 5) is 15.1. The number of carboxylic acids is 1. The molecule has 2 N–H and O–H groups in total. The summed E-state index contributed by atoms with van der Waals surface area (Å²) in [5.74, 6) is -0.735. The molecule has 0 spiro atoms. The zero-order valence-corrected chi connectivity index (χ0v) is 8.01. The van der Waals surface area contributed by atoms with E-state index < -0.39 is 5.97 Å². The molecule has 0 bridgehead atoms. The normalized spacial score (nSPS) is 9.62. The predicted octanol–water partition coefficient (Wildman–Crippen LogP) is 1.69. The Morgan fingerprint density at radius 3 is 2.69 bits per heavy atom. The summed E-state index contributed by atoms with van der Waals surface area (Å²) in [6, 6.07) is 0. The van der Waals surface area contributed by atoms with E-state index in [9.17, 15) is 4.79 Å². The van der Waals surface area contributed by atoms with Crippen LogP contribution in [0.2, 0.25) is 0 Å². The van der Waals surface area contributed by atoms with E-state index in [4.69, 9.17) is 9.94 Å². The van der Waals surface area contributed by atoms with Crippen LogP contribution in [0.4, 0.5) is 0 Å². The van der Waals surface area contributed by atoms with Gasteiger partial charge in [0.25, 0.3) is 0 Å². The first-order chi connectivity index (χ1) is 6.13. The Morgan fingerprint density at radius 2 is 2.15 bits per heavy atom. The van der Waals surface area contributed by atoms with Gasteiger partial charge in [0.15, 0.2) is 0 Å². The monoisotopic (exact) mass is 187 g/mol. The Morgan fingerprint density at radius 1 is 1.46 bits per heavy atom. The SMILES string of the molecule is C=C(C)NOCCCCCC(=O)O. The molecule has 0 aliphatic carbocycles. The molecule has 0 unspecified atom stereocenters. The standard InChI is InChI=1S/C9H17NO3/c1-8(2)10-13-7-5-3-4-6-9(11)12/h10H,1,3-7H2,2H3,(H,11,12). The van der Waals surface area contributed by atoms with Gasteiger partial charge in [0, 0.05) is 12.1 Å². The van der Waals surface area contributed by atoms with Gasteiger partial charge in [-0.05, 0) is 19.8 Å². The van der Waals surface area contributed by atoms with Gasteiger partial charge in [-0.2, -0.15) is 0 Å². The van der Waals surface area contributed by atoms with Crippen LogP contribution in [-0.4, -0.2) is 17.7 Å². The van der Waals surface area contributed by atoms with Crippen LogP contribution >= 0.6 is 0 Å². The first kappa shape index (κ1) is 12.0. The summed E-state index contributed by atoms with van der Waals surface area (Å²) < 4.78 is 0. The topological polar surface area (TPSA) is 58.6 Å². The van der Waals surface area contributed by atoms with Crippen LogP contribution in [0, 0.1) is 0 Å². The van der Waals surface area contributed by atoms with Gasteiger partial charge in [0.05, 0.1) is 6.61 Å². The molecule has 0 fully saturated rings. The van der Waals surface area contributed by atoms with E-state index in [0.29, 0.717) is 13.0 Å². The number of hydrogen-bond donors (Lipinski definition) is 2. The molecule has 0 aromatic carbocycles. The summed E-state index contributed by atoms with van der Waals surface area (Å²) in [6.45, 7) is 6.00. The van der Waals surface area contributed by atoms with Crippen molar-refractivity contribution >= 4 is 5.97 Å². The minimum absolute atomic E-state index is 0.244. The van der Waals surface area contributed by atoms with Gasteiger partial charge < -0.3 is 5.11 Å². The lowest BCUT2D eigenvalue weighted by molar-refractivity contribution is -0.137. The van der Waals surface area contributed by atoms with Crippen LogP contribution in [0.15, 0.2) is 12.3 Å². The second-order valence-electron chi connectivity index (χ2n) is 2.94. The van der Waals surface area contributed by atoms with Crippen LogP contribution in [0.5, 0.6) is 0 Å². The molecule has 0 radical (unpaired) electrons. The van der Waals surface area contributed by atoms with Crippen molar-refractivity contribution in [2.24, 2.45) is 0 Å². The van der Waals surface area contributed by atoms with Crippen LogP contribution in [0.25, 0.3) is 0 Å². The van der Waals surface area contributed by atoms with E-state index in [2.05, 4.69) is 12.1 Å². The third-order valence-corrected chi connectivity index (χ3v) is 1.38. The van der Waals surface area contributed by atoms with Gasteiger partial charge >= 0.3 is 5.97 Å². The highest BCUT2D eigenvalue weighted by Crippen LogP contribution is 1.99. The summed E-state index contributed by atoms with van der Waals surface area (Å²) >= 11 is 0. The van der Waals surface area contributed by atoms with E-state index in [1.54, 1.807) is 0 Å². The highest BCUT2D eigenvalue weighted by atomic mass is 16.6. The molecular weight excluding hydrogens is 170 g/mol.